The molecule has 0 aromatic heterocycles. The predicted octanol–water partition coefficient (Wildman–Crippen LogP) is 4.78. The number of hydrogen-bond acceptors (Lipinski definition) is 1. The van der Waals surface area contributed by atoms with Gasteiger partial charge in [0, 0.05) is 5.56 Å². The van der Waals surface area contributed by atoms with Crippen LogP contribution in [-0.2, 0) is 6.42 Å². The van der Waals surface area contributed by atoms with Crippen LogP contribution < -0.4 is 0 Å². The van der Waals surface area contributed by atoms with Crippen LogP contribution in [0.1, 0.15) is 48.5 Å². The topological polar surface area (TPSA) is 17.1 Å². The number of benzene rings is 2. The van der Waals surface area contributed by atoms with E-state index in [2.05, 4.69) is 25.1 Å². The van der Waals surface area contributed by atoms with Crippen LogP contribution in [0.2, 0.25) is 0 Å². The summed E-state index contributed by atoms with van der Waals surface area (Å²) in [6.45, 7) is 2.22. The van der Waals surface area contributed by atoms with Crippen LogP contribution in [0, 0.1) is 0 Å². The lowest BCUT2D eigenvalue weighted by molar-refractivity contribution is 0.112. The number of rotatable bonds is 6. The summed E-state index contributed by atoms with van der Waals surface area (Å²) in [5, 5.41) is 2.46. The van der Waals surface area contributed by atoms with Gasteiger partial charge in [-0.1, -0.05) is 50.5 Å². The fourth-order valence-corrected chi connectivity index (χ4v) is 2.43. The highest BCUT2D eigenvalue weighted by atomic mass is 16.1. The number of carbonyl (C=O) groups excluding carboxylic acids is 1. The normalized spacial score (nSPS) is 10.7. The van der Waals surface area contributed by atoms with Gasteiger partial charge in [0.1, 0.15) is 6.29 Å². The molecule has 0 amide bonds. The lowest BCUT2D eigenvalue weighted by Gasteiger charge is -2.08. The summed E-state index contributed by atoms with van der Waals surface area (Å²) in [5.41, 5.74) is 2.10. The van der Waals surface area contributed by atoms with Gasteiger partial charge >= 0.3 is 0 Å². The van der Waals surface area contributed by atoms with Crippen molar-refractivity contribution in [1.82, 2.24) is 0 Å². The van der Waals surface area contributed by atoms with Gasteiger partial charge in [0.2, 0.25) is 0 Å². The summed E-state index contributed by atoms with van der Waals surface area (Å²) in [6, 6.07) is 12.3. The molecule has 0 aliphatic carbocycles. The van der Waals surface area contributed by atoms with Gasteiger partial charge < -0.3 is 0 Å². The fraction of sp³-hybridized carbons (Fsp3) is 0.353. The maximum atomic E-state index is 11.0. The molecule has 0 heterocycles. The third kappa shape index (κ3) is 2.98. The molecule has 0 fully saturated rings. The first-order chi connectivity index (χ1) is 8.85. The van der Waals surface area contributed by atoms with Crippen LogP contribution in [-0.4, -0.2) is 6.29 Å². The van der Waals surface area contributed by atoms with E-state index in [1.165, 1.54) is 42.0 Å². The molecule has 0 saturated heterocycles. The Morgan fingerprint density at radius 2 is 1.89 bits per heavy atom. The minimum Gasteiger partial charge on any atom is -0.298 e. The third-order valence-electron chi connectivity index (χ3n) is 3.41. The zero-order valence-electron chi connectivity index (χ0n) is 11.0. The molecule has 0 radical (unpaired) electrons. The summed E-state index contributed by atoms with van der Waals surface area (Å²) in [7, 11) is 0. The summed E-state index contributed by atoms with van der Waals surface area (Å²) >= 11 is 0. The van der Waals surface area contributed by atoms with Gasteiger partial charge in [-0.3, -0.25) is 4.79 Å². The average molecular weight is 240 g/mol. The lowest BCUT2D eigenvalue weighted by Crippen LogP contribution is -1.91. The molecule has 18 heavy (non-hydrogen) atoms. The number of hydrogen-bond donors (Lipinski definition) is 0. The highest BCUT2D eigenvalue weighted by Crippen LogP contribution is 2.22. The van der Waals surface area contributed by atoms with Crippen molar-refractivity contribution < 1.29 is 4.79 Å². The van der Waals surface area contributed by atoms with E-state index in [0.29, 0.717) is 0 Å². The monoisotopic (exact) mass is 240 g/mol. The number of fused-ring (bicyclic) bond motifs is 1. The second kappa shape index (κ2) is 6.34. The minimum absolute atomic E-state index is 0.791. The van der Waals surface area contributed by atoms with E-state index in [-0.39, 0.29) is 0 Å². The first kappa shape index (κ1) is 12.8. The van der Waals surface area contributed by atoms with Crippen molar-refractivity contribution in [3.63, 3.8) is 0 Å². The number of aldehydes is 1. The standard InChI is InChI=1S/C17H20O/c1-2-3-4-5-8-15-11-14(13-18)12-16-9-6-7-10-17(15)16/h6-7,9-13H,2-5,8H2,1H3. The molecule has 0 unspecified atom stereocenters. The van der Waals surface area contributed by atoms with Crippen molar-refractivity contribution in [2.24, 2.45) is 0 Å². The highest BCUT2D eigenvalue weighted by molar-refractivity contribution is 5.91. The minimum atomic E-state index is 0.791. The molecule has 2 aromatic rings. The van der Waals surface area contributed by atoms with E-state index in [1.54, 1.807) is 0 Å². The Hall–Kier alpha value is -1.63. The van der Waals surface area contributed by atoms with Gasteiger partial charge in [0.05, 0.1) is 0 Å². The first-order valence-corrected chi connectivity index (χ1v) is 6.82. The molecule has 0 bridgehead atoms. The zero-order chi connectivity index (χ0) is 12.8. The van der Waals surface area contributed by atoms with E-state index in [9.17, 15) is 4.79 Å². The average Bonchev–Trinajstić information content (AvgIpc) is 2.43. The van der Waals surface area contributed by atoms with Crippen LogP contribution in [0.3, 0.4) is 0 Å². The van der Waals surface area contributed by atoms with Crippen LogP contribution in [0.5, 0.6) is 0 Å². The van der Waals surface area contributed by atoms with Crippen molar-refractivity contribution in [2.75, 3.05) is 0 Å². The fourth-order valence-electron chi connectivity index (χ4n) is 2.43. The SMILES string of the molecule is CCCCCCc1cc(C=O)cc2ccccc12. The van der Waals surface area contributed by atoms with E-state index >= 15 is 0 Å². The van der Waals surface area contributed by atoms with Crippen molar-refractivity contribution in [3.05, 3.63) is 47.5 Å². The molecule has 0 spiro atoms. The summed E-state index contributed by atoms with van der Waals surface area (Å²) in [4.78, 5) is 11.0. The number of carbonyl (C=O) groups is 1. The quantitative estimate of drug-likeness (QED) is 0.525. The molecule has 0 N–H and O–H groups in total. The molecule has 2 rings (SSSR count). The second-order valence-corrected chi connectivity index (χ2v) is 4.83. The molecular formula is C17H20O. The molecule has 2 aromatic carbocycles. The van der Waals surface area contributed by atoms with Crippen molar-refractivity contribution in [2.45, 2.75) is 39.0 Å². The first-order valence-electron chi connectivity index (χ1n) is 6.82. The van der Waals surface area contributed by atoms with E-state index < -0.39 is 0 Å². The third-order valence-corrected chi connectivity index (χ3v) is 3.41. The van der Waals surface area contributed by atoms with Crippen molar-refractivity contribution in [1.29, 1.82) is 0 Å². The summed E-state index contributed by atoms with van der Waals surface area (Å²) < 4.78 is 0. The van der Waals surface area contributed by atoms with Gasteiger partial charge in [0.15, 0.2) is 0 Å². The smallest absolute Gasteiger partial charge is 0.150 e. The molecule has 1 heteroatoms. The summed E-state index contributed by atoms with van der Waals surface area (Å²) in [5.74, 6) is 0. The highest BCUT2D eigenvalue weighted by Gasteiger charge is 2.03. The van der Waals surface area contributed by atoms with E-state index in [4.69, 9.17) is 0 Å². The molecule has 0 saturated carbocycles. The Kier molecular flexibility index (Phi) is 4.52. The summed E-state index contributed by atoms with van der Waals surface area (Å²) in [6.07, 6.45) is 7.06. The Balaban J connectivity index is 2.26. The Morgan fingerprint density at radius 3 is 2.67 bits per heavy atom. The van der Waals surface area contributed by atoms with Gasteiger partial charge in [-0.05, 0) is 41.3 Å². The Labute approximate surface area is 109 Å². The number of aryl methyl sites for hydroxylation is 1. The van der Waals surface area contributed by atoms with Gasteiger partial charge in [-0.25, -0.2) is 0 Å². The molecular weight excluding hydrogens is 220 g/mol. The molecule has 1 nitrogen and oxygen atoms in total. The van der Waals surface area contributed by atoms with Crippen LogP contribution in [0.25, 0.3) is 10.8 Å². The maximum Gasteiger partial charge on any atom is 0.150 e. The molecule has 0 atom stereocenters. The van der Waals surface area contributed by atoms with Crippen LogP contribution in [0.4, 0.5) is 0 Å². The molecule has 0 aliphatic heterocycles. The van der Waals surface area contributed by atoms with Crippen molar-refractivity contribution >= 4 is 17.1 Å². The number of unbranched alkanes of at least 4 members (excludes halogenated alkanes) is 3. The maximum absolute atomic E-state index is 11.0. The van der Waals surface area contributed by atoms with E-state index in [0.717, 1.165) is 18.3 Å². The van der Waals surface area contributed by atoms with Gasteiger partial charge in [-0.2, -0.15) is 0 Å². The molecule has 94 valence electrons. The zero-order valence-corrected chi connectivity index (χ0v) is 11.0. The van der Waals surface area contributed by atoms with Crippen molar-refractivity contribution in [3.8, 4) is 0 Å². The van der Waals surface area contributed by atoms with Gasteiger partial charge in [0.25, 0.3) is 0 Å². The Morgan fingerprint density at radius 1 is 1.06 bits per heavy atom. The Bertz CT molecular complexity index is 528. The largest absolute Gasteiger partial charge is 0.298 e. The molecule has 0 aliphatic rings. The van der Waals surface area contributed by atoms with Gasteiger partial charge in [-0.15, -0.1) is 0 Å². The lowest BCUT2D eigenvalue weighted by atomic mass is 9.97. The second-order valence-electron chi connectivity index (χ2n) is 4.83. The van der Waals surface area contributed by atoms with Crippen LogP contribution in [0.15, 0.2) is 36.4 Å². The van der Waals surface area contributed by atoms with E-state index in [1.807, 2.05) is 18.2 Å². The van der Waals surface area contributed by atoms with Crippen LogP contribution >= 0.6 is 0 Å². The predicted molar refractivity (Wildman–Crippen MR) is 77.2 cm³/mol.